The number of carbonyl (C=O) groups excluding carboxylic acids is 1. The molecule has 0 N–H and O–H groups in total. The Morgan fingerprint density at radius 3 is 1.88 bits per heavy atom. The second-order valence-corrected chi connectivity index (χ2v) is 7.65. The fraction of sp³-hybridized carbons (Fsp3) is 0.0952. The summed E-state index contributed by atoms with van der Waals surface area (Å²) in [5, 5.41) is 3.84. The van der Waals surface area contributed by atoms with Crippen molar-refractivity contribution >= 4 is 29.8 Å². The molecule has 0 saturated carbocycles. The van der Waals surface area contributed by atoms with Crippen molar-refractivity contribution in [3.05, 3.63) is 90.5 Å². The van der Waals surface area contributed by atoms with Gasteiger partial charge in [0.25, 0.3) is 0 Å². The molecule has 0 amide bonds. The van der Waals surface area contributed by atoms with Crippen molar-refractivity contribution in [1.82, 2.24) is 0 Å². The fourth-order valence-electron chi connectivity index (χ4n) is 2.65. The molecule has 0 unspecified atom stereocenters. The van der Waals surface area contributed by atoms with E-state index < -0.39 is 7.92 Å². The molecule has 3 heteroatoms. The average molecular weight is 334 g/mol. The predicted molar refractivity (Wildman–Crippen MR) is 101 cm³/mol. The Hall–Kier alpha value is -2.44. The molecule has 0 aliphatic carbocycles. The first-order valence-corrected chi connectivity index (χ1v) is 9.18. The summed E-state index contributed by atoms with van der Waals surface area (Å²) >= 11 is 0. The quantitative estimate of drug-likeness (QED) is 0.529. The van der Waals surface area contributed by atoms with Gasteiger partial charge in [-0.15, -0.1) is 0 Å². The lowest BCUT2D eigenvalue weighted by Gasteiger charge is -2.20. The number of methoxy groups -OCH3 is 1. The van der Waals surface area contributed by atoms with E-state index in [4.69, 9.17) is 4.74 Å². The molecule has 0 aromatic heterocycles. The SMILES string of the molecule is COC(=O)Cc1cccc(P(c2ccccc2)c2ccccc2)c1. The Bertz CT molecular complexity index is 761. The van der Waals surface area contributed by atoms with Crippen LogP contribution in [0.5, 0.6) is 0 Å². The van der Waals surface area contributed by atoms with Crippen LogP contribution in [-0.2, 0) is 16.0 Å². The van der Waals surface area contributed by atoms with Crippen LogP contribution in [0, 0.1) is 0 Å². The number of hydrogen-bond donors (Lipinski definition) is 0. The zero-order chi connectivity index (χ0) is 16.8. The molecular formula is C21H19O2P. The molecule has 0 heterocycles. The third-order valence-electron chi connectivity index (χ3n) is 3.77. The highest BCUT2D eigenvalue weighted by molar-refractivity contribution is 7.79. The summed E-state index contributed by atoms with van der Waals surface area (Å²) in [6.45, 7) is 0. The van der Waals surface area contributed by atoms with E-state index >= 15 is 0 Å². The van der Waals surface area contributed by atoms with Crippen molar-refractivity contribution in [3.63, 3.8) is 0 Å². The van der Waals surface area contributed by atoms with Crippen LogP contribution in [0.25, 0.3) is 0 Å². The second kappa shape index (κ2) is 7.90. The zero-order valence-corrected chi connectivity index (χ0v) is 14.4. The van der Waals surface area contributed by atoms with Gasteiger partial charge in [0.05, 0.1) is 13.5 Å². The average Bonchev–Trinajstić information content (AvgIpc) is 2.64. The van der Waals surface area contributed by atoms with Crippen LogP contribution >= 0.6 is 7.92 Å². The summed E-state index contributed by atoms with van der Waals surface area (Å²) in [7, 11) is 0.780. The second-order valence-electron chi connectivity index (χ2n) is 5.43. The highest BCUT2D eigenvalue weighted by Gasteiger charge is 2.16. The van der Waals surface area contributed by atoms with Crippen molar-refractivity contribution in [2.75, 3.05) is 7.11 Å². The maximum Gasteiger partial charge on any atom is 0.309 e. The van der Waals surface area contributed by atoms with Gasteiger partial charge in [0.2, 0.25) is 0 Å². The van der Waals surface area contributed by atoms with Crippen molar-refractivity contribution in [2.45, 2.75) is 6.42 Å². The number of esters is 1. The highest BCUT2D eigenvalue weighted by atomic mass is 31.1. The molecule has 0 spiro atoms. The van der Waals surface area contributed by atoms with Gasteiger partial charge in [-0.3, -0.25) is 4.79 Å². The smallest absolute Gasteiger partial charge is 0.309 e. The fourth-order valence-corrected chi connectivity index (χ4v) is 5.01. The summed E-state index contributed by atoms with van der Waals surface area (Å²) in [4.78, 5) is 11.6. The molecule has 24 heavy (non-hydrogen) atoms. The van der Waals surface area contributed by atoms with Gasteiger partial charge in [-0.2, -0.15) is 0 Å². The third kappa shape index (κ3) is 3.90. The van der Waals surface area contributed by atoms with Crippen LogP contribution in [0.4, 0.5) is 0 Å². The molecular weight excluding hydrogens is 315 g/mol. The van der Waals surface area contributed by atoms with E-state index in [1.807, 2.05) is 24.3 Å². The third-order valence-corrected chi connectivity index (χ3v) is 6.20. The van der Waals surface area contributed by atoms with Gasteiger partial charge in [0.15, 0.2) is 0 Å². The van der Waals surface area contributed by atoms with E-state index in [9.17, 15) is 4.79 Å². The van der Waals surface area contributed by atoms with Crippen LogP contribution in [0.1, 0.15) is 5.56 Å². The minimum atomic E-state index is -0.644. The number of rotatable bonds is 5. The minimum Gasteiger partial charge on any atom is -0.469 e. The van der Waals surface area contributed by atoms with Crippen LogP contribution in [0.3, 0.4) is 0 Å². The lowest BCUT2D eigenvalue weighted by Crippen LogP contribution is -2.21. The van der Waals surface area contributed by atoms with Crippen molar-refractivity contribution in [2.24, 2.45) is 0 Å². The Balaban J connectivity index is 2.03. The molecule has 0 aliphatic heterocycles. The molecule has 120 valence electrons. The molecule has 0 atom stereocenters. The largest absolute Gasteiger partial charge is 0.469 e. The first kappa shape index (κ1) is 16.4. The number of carbonyl (C=O) groups is 1. The van der Waals surface area contributed by atoms with E-state index in [0.717, 1.165) is 5.56 Å². The van der Waals surface area contributed by atoms with Crippen molar-refractivity contribution < 1.29 is 9.53 Å². The molecule has 3 aromatic rings. The van der Waals surface area contributed by atoms with Gasteiger partial charge in [0, 0.05) is 0 Å². The molecule has 0 bridgehead atoms. The highest BCUT2D eigenvalue weighted by Crippen LogP contribution is 2.32. The topological polar surface area (TPSA) is 26.3 Å². The molecule has 0 aliphatic rings. The summed E-state index contributed by atoms with van der Waals surface area (Å²) < 4.78 is 4.79. The summed E-state index contributed by atoms with van der Waals surface area (Å²) in [6, 6.07) is 29.3. The maximum atomic E-state index is 11.6. The van der Waals surface area contributed by atoms with Crippen LogP contribution in [-0.4, -0.2) is 13.1 Å². The summed E-state index contributed by atoms with van der Waals surface area (Å²) in [5.74, 6) is -0.212. The predicted octanol–water partition coefficient (Wildman–Crippen LogP) is 3.16. The van der Waals surface area contributed by atoms with Crippen LogP contribution < -0.4 is 15.9 Å². The van der Waals surface area contributed by atoms with Crippen molar-refractivity contribution in [3.8, 4) is 0 Å². The first-order valence-electron chi connectivity index (χ1n) is 7.84. The van der Waals surface area contributed by atoms with E-state index in [2.05, 4.69) is 60.7 Å². The zero-order valence-electron chi connectivity index (χ0n) is 13.6. The lowest BCUT2D eigenvalue weighted by atomic mass is 10.1. The van der Waals surface area contributed by atoms with Gasteiger partial charge in [-0.25, -0.2) is 0 Å². The Kier molecular flexibility index (Phi) is 5.40. The van der Waals surface area contributed by atoms with Crippen LogP contribution in [0.2, 0.25) is 0 Å². The summed E-state index contributed by atoms with van der Waals surface area (Å²) in [5.41, 5.74) is 0.985. The maximum absolute atomic E-state index is 11.6. The van der Waals surface area contributed by atoms with Gasteiger partial charge >= 0.3 is 5.97 Å². The van der Waals surface area contributed by atoms with Gasteiger partial charge in [0.1, 0.15) is 0 Å². The van der Waals surface area contributed by atoms with Gasteiger partial charge in [-0.05, 0) is 29.4 Å². The van der Waals surface area contributed by atoms with Gasteiger partial charge < -0.3 is 4.74 Å². The lowest BCUT2D eigenvalue weighted by molar-refractivity contribution is -0.139. The molecule has 2 nitrogen and oxygen atoms in total. The monoisotopic (exact) mass is 334 g/mol. The van der Waals surface area contributed by atoms with E-state index in [-0.39, 0.29) is 5.97 Å². The van der Waals surface area contributed by atoms with E-state index in [0.29, 0.717) is 6.42 Å². The molecule has 0 radical (unpaired) electrons. The molecule has 0 fully saturated rings. The van der Waals surface area contributed by atoms with Crippen LogP contribution in [0.15, 0.2) is 84.9 Å². The first-order chi connectivity index (χ1) is 11.8. The van der Waals surface area contributed by atoms with Crippen molar-refractivity contribution in [1.29, 1.82) is 0 Å². The van der Waals surface area contributed by atoms with E-state index in [1.54, 1.807) is 0 Å². The number of benzene rings is 3. The Morgan fingerprint density at radius 1 is 0.792 bits per heavy atom. The number of hydrogen-bond acceptors (Lipinski definition) is 2. The normalized spacial score (nSPS) is 10.6. The standard InChI is InChI=1S/C21H19O2P/c1-23-21(22)16-17-9-8-14-20(15-17)24(18-10-4-2-5-11-18)19-12-6-3-7-13-19/h2-15H,16H2,1H3. The molecule has 3 aromatic carbocycles. The minimum absolute atomic E-state index is 0.212. The van der Waals surface area contributed by atoms with E-state index in [1.165, 1.54) is 23.0 Å². The van der Waals surface area contributed by atoms with Gasteiger partial charge in [-0.1, -0.05) is 84.9 Å². The molecule has 3 rings (SSSR count). The Labute approximate surface area is 143 Å². The summed E-state index contributed by atoms with van der Waals surface area (Å²) in [6.07, 6.45) is 0.303. The Morgan fingerprint density at radius 2 is 1.33 bits per heavy atom. The number of ether oxygens (including phenoxy) is 1. The molecule has 0 saturated heterocycles.